The lowest BCUT2D eigenvalue weighted by Gasteiger charge is -2.04. The number of hydrogen-bond donors (Lipinski definition) is 1. The molecule has 8 heteroatoms. The van der Waals surface area contributed by atoms with Crippen molar-refractivity contribution in [3.63, 3.8) is 0 Å². The van der Waals surface area contributed by atoms with Gasteiger partial charge in [0, 0.05) is 7.05 Å². The van der Waals surface area contributed by atoms with Crippen LogP contribution in [0.3, 0.4) is 0 Å². The molecule has 0 aliphatic carbocycles. The molecule has 2 aromatic heterocycles. The normalized spacial score (nSPS) is 10.9. The molecule has 0 aliphatic heterocycles. The summed E-state index contributed by atoms with van der Waals surface area (Å²) in [5.41, 5.74) is 0.926. The fourth-order valence-corrected chi connectivity index (χ4v) is 2.06. The third kappa shape index (κ3) is 2.27. The van der Waals surface area contributed by atoms with Crippen LogP contribution in [0, 0.1) is 0 Å². The molecule has 106 valence electrons. The first kappa shape index (κ1) is 13.0. The summed E-state index contributed by atoms with van der Waals surface area (Å²) in [5.74, 6) is -1.02. The number of aromatic nitrogens is 5. The van der Waals surface area contributed by atoms with Gasteiger partial charge in [-0.2, -0.15) is 5.10 Å². The minimum Gasteiger partial charge on any atom is -0.478 e. The number of fused-ring (bicyclic) bond motifs is 1. The lowest BCUT2D eigenvalue weighted by Crippen LogP contribution is -2.24. The molecule has 0 atom stereocenters. The third-order valence-electron chi connectivity index (χ3n) is 3.13. The van der Waals surface area contributed by atoms with E-state index in [1.54, 1.807) is 19.2 Å². The van der Waals surface area contributed by atoms with Crippen molar-refractivity contribution in [1.29, 1.82) is 0 Å². The summed E-state index contributed by atoms with van der Waals surface area (Å²) in [4.78, 5) is 23.2. The van der Waals surface area contributed by atoms with E-state index in [-0.39, 0.29) is 17.7 Å². The molecule has 0 saturated heterocycles. The van der Waals surface area contributed by atoms with E-state index in [1.807, 2.05) is 0 Å². The number of carboxylic acid groups (broad SMARTS) is 1. The lowest BCUT2D eigenvalue weighted by atomic mass is 10.1. The van der Waals surface area contributed by atoms with Crippen LogP contribution >= 0.6 is 0 Å². The van der Waals surface area contributed by atoms with Gasteiger partial charge in [0.2, 0.25) is 0 Å². The standard InChI is InChI=1S/C13H11N5O3/c1-17-11-10(6-14-17)12(19)18(16-15-11)7-8-3-2-4-9(5-8)13(20)21/h2-6H,7H2,1H3,(H,20,21). The maximum absolute atomic E-state index is 12.3. The Labute approximate surface area is 118 Å². The van der Waals surface area contributed by atoms with Crippen molar-refractivity contribution in [3.05, 3.63) is 51.9 Å². The van der Waals surface area contributed by atoms with Crippen LogP contribution in [0.5, 0.6) is 0 Å². The second-order valence-electron chi connectivity index (χ2n) is 4.56. The van der Waals surface area contributed by atoms with Gasteiger partial charge in [0.1, 0.15) is 5.39 Å². The van der Waals surface area contributed by atoms with Crippen molar-refractivity contribution in [2.75, 3.05) is 0 Å². The van der Waals surface area contributed by atoms with Crippen LogP contribution in [-0.2, 0) is 13.6 Å². The van der Waals surface area contributed by atoms with Crippen molar-refractivity contribution in [2.45, 2.75) is 6.54 Å². The molecule has 2 heterocycles. The van der Waals surface area contributed by atoms with E-state index in [0.29, 0.717) is 16.6 Å². The summed E-state index contributed by atoms with van der Waals surface area (Å²) in [6.07, 6.45) is 1.44. The molecule has 0 bridgehead atoms. The Balaban J connectivity index is 2.02. The minimum atomic E-state index is -1.02. The fraction of sp³-hybridized carbons (Fsp3) is 0.154. The van der Waals surface area contributed by atoms with Crippen molar-refractivity contribution in [1.82, 2.24) is 24.8 Å². The van der Waals surface area contributed by atoms with Gasteiger partial charge < -0.3 is 5.11 Å². The van der Waals surface area contributed by atoms with Gasteiger partial charge in [-0.15, -0.1) is 5.10 Å². The summed E-state index contributed by atoms with van der Waals surface area (Å²) in [5, 5.41) is 21.1. The molecular formula is C13H11N5O3. The Morgan fingerprint density at radius 1 is 1.38 bits per heavy atom. The molecule has 0 radical (unpaired) electrons. The molecule has 8 nitrogen and oxygen atoms in total. The van der Waals surface area contributed by atoms with Gasteiger partial charge in [0.15, 0.2) is 5.65 Å². The Morgan fingerprint density at radius 3 is 2.95 bits per heavy atom. The first-order valence-electron chi connectivity index (χ1n) is 6.14. The van der Waals surface area contributed by atoms with Gasteiger partial charge in [-0.25, -0.2) is 14.2 Å². The van der Waals surface area contributed by atoms with Crippen LogP contribution in [0.1, 0.15) is 15.9 Å². The third-order valence-corrected chi connectivity index (χ3v) is 3.13. The molecule has 0 amide bonds. The van der Waals surface area contributed by atoms with Gasteiger partial charge in [0.05, 0.1) is 18.3 Å². The summed E-state index contributed by atoms with van der Waals surface area (Å²) >= 11 is 0. The quantitative estimate of drug-likeness (QED) is 0.741. The van der Waals surface area contributed by atoms with Crippen LogP contribution in [0.25, 0.3) is 11.0 Å². The molecule has 0 fully saturated rings. The largest absolute Gasteiger partial charge is 0.478 e. The number of rotatable bonds is 3. The summed E-state index contributed by atoms with van der Waals surface area (Å²) in [7, 11) is 1.68. The second-order valence-corrected chi connectivity index (χ2v) is 4.56. The van der Waals surface area contributed by atoms with E-state index >= 15 is 0 Å². The number of hydrogen-bond acceptors (Lipinski definition) is 5. The summed E-state index contributed by atoms with van der Waals surface area (Å²) in [6.45, 7) is 0.151. The maximum Gasteiger partial charge on any atom is 0.335 e. The average Bonchev–Trinajstić information content (AvgIpc) is 2.84. The average molecular weight is 285 g/mol. The predicted octanol–water partition coefficient (Wildman–Crippen LogP) is 0.271. The van der Waals surface area contributed by atoms with E-state index in [1.165, 1.54) is 27.7 Å². The fourth-order valence-electron chi connectivity index (χ4n) is 2.06. The summed E-state index contributed by atoms with van der Waals surface area (Å²) < 4.78 is 2.66. The van der Waals surface area contributed by atoms with Crippen molar-refractivity contribution >= 4 is 17.0 Å². The number of benzene rings is 1. The highest BCUT2D eigenvalue weighted by molar-refractivity contribution is 5.87. The monoisotopic (exact) mass is 285 g/mol. The highest BCUT2D eigenvalue weighted by atomic mass is 16.4. The van der Waals surface area contributed by atoms with E-state index in [0.717, 1.165) is 0 Å². The van der Waals surface area contributed by atoms with Gasteiger partial charge >= 0.3 is 5.97 Å². The van der Waals surface area contributed by atoms with Gasteiger partial charge in [-0.05, 0) is 17.7 Å². The Bertz CT molecular complexity index is 896. The molecular weight excluding hydrogens is 274 g/mol. The van der Waals surface area contributed by atoms with Crippen LogP contribution in [0.15, 0.2) is 35.3 Å². The molecule has 3 aromatic rings. The van der Waals surface area contributed by atoms with Crippen LogP contribution in [0.4, 0.5) is 0 Å². The molecule has 21 heavy (non-hydrogen) atoms. The van der Waals surface area contributed by atoms with Gasteiger partial charge in [0.25, 0.3) is 5.56 Å². The van der Waals surface area contributed by atoms with E-state index < -0.39 is 5.97 Å². The molecule has 0 spiro atoms. The zero-order valence-electron chi connectivity index (χ0n) is 11.1. The number of aryl methyl sites for hydroxylation is 1. The number of carbonyl (C=O) groups is 1. The predicted molar refractivity (Wildman–Crippen MR) is 73.1 cm³/mol. The van der Waals surface area contributed by atoms with Gasteiger partial charge in [-0.1, -0.05) is 17.3 Å². The summed E-state index contributed by atoms with van der Waals surface area (Å²) in [6, 6.07) is 6.35. The Morgan fingerprint density at radius 2 is 2.19 bits per heavy atom. The zero-order chi connectivity index (χ0) is 15.0. The van der Waals surface area contributed by atoms with Gasteiger partial charge in [-0.3, -0.25) is 4.79 Å². The first-order chi connectivity index (χ1) is 10.1. The molecule has 1 aromatic carbocycles. The molecule has 0 unspecified atom stereocenters. The number of nitrogens with zero attached hydrogens (tertiary/aromatic N) is 5. The van der Waals surface area contributed by atoms with Crippen molar-refractivity contribution in [3.8, 4) is 0 Å². The number of aromatic carboxylic acids is 1. The zero-order valence-corrected chi connectivity index (χ0v) is 11.1. The van der Waals surface area contributed by atoms with Crippen LogP contribution in [-0.4, -0.2) is 35.9 Å². The first-order valence-corrected chi connectivity index (χ1v) is 6.14. The second kappa shape index (κ2) is 4.82. The van der Waals surface area contributed by atoms with Crippen LogP contribution < -0.4 is 5.56 Å². The van der Waals surface area contributed by atoms with Crippen LogP contribution in [0.2, 0.25) is 0 Å². The Hall–Kier alpha value is -3.03. The number of carboxylic acids is 1. The molecule has 0 saturated carbocycles. The Kier molecular flexibility index (Phi) is 2.98. The topological polar surface area (TPSA) is 103 Å². The van der Waals surface area contributed by atoms with Crippen molar-refractivity contribution < 1.29 is 9.90 Å². The van der Waals surface area contributed by atoms with Crippen molar-refractivity contribution in [2.24, 2.45) is 7.05 Å². The molecule has 0 aliphatic rings. The van der Waals surface area contributed by atoms with E-state index in [9.17, 15) is 9.59 Å². The minimum absolute atomic E-state index is 0.151. The maximum atomic E-state index is 12.3. The van der Waals surface area contributed by atoms with E-state index in [2.05, 4.69) is 15.4 Å². The SMILES string of the molecule is Cn1ncc2c(=O)n(Cc3cccc(C(=O)O)c3)nnc21. The highest BCUT2D eigenvalue weighted by Gasteiger charge is 2.10. The molecule has 1 N–H and O–H groups in total. The van der Waals surface area contributed by atoms with E-state index in [4.69, 9.17) is 5.11 Å². The molecule has 3 rings (SSSR count). The lowest BCUT2D eigenvalue weighted by molar-refractivity contribution is 0.0696. The highest BCUT2D eigenvalue weighted by Crippen LogP contribution is 2.07. The smallest absolute Gasteiger partial charge is 0.335 e.